The highest BCUT2D eigenvalue weighted by atomic mass is 15.1. The van der Waals surface area contributed by atoms with Crippen molar-refractivity contribution in [1.29, 1.82) is 0 Å². The van der Waals surface area contributed by atoms with Crippen LogP contribution in [0, 0.1) is 13.8 Å². The van der Waals surface area contributed by atoms with Crippen molar-refractivity contribution in [3.63, 3.8) is 0 Å². The lowest BCUT2D eigenvalue weighted by molar-refractivity contribution is 1.05. The van der Waals surface area contributed by atoms with Gasteiger partial charge in [-0.25, -0.2) is 0 Å². The van der Waals surface area contributed by atoms with Gasteiger partial charge in [0.2, 0.25) is 0 Å². The van der Waals surface area contributed by atoms with Gasteiger partial charge < -0.3 is 0 Å². The molecule has 0 saturated carbocycles. The minimum atomic E-state index is 0.995. The zero-order valence-corrected chi connectivity index (χ0v) is 11.1. The first-order chi connectivity index (χ1) is 9.24. The van der Waals surface area contributed by atoms with Crippen LogP contribution >= 0.6 is 0 Å². The van der Waals surface area contributed by atoms with Crippen molar-refractivity contribution < 1.29 is 0 Å². The maximum absolute atomic E-state index is 4.33. The number of H-pyrrole nitrogens is 1. The molecule has 3 rings (SSSR count). The molecule has 2 heteroatoms. The Morgan fingerprint density at radius 1 is 0.842 bits per heavy atom. The van der Waals surface area contributed by atoms with Gasteiger partial charge >= 0.3 is 0 Å². The van der Waals surface area contributed by atoms with Gasteiger partial charge in [-0.05, 0) is 42.7 Å². The third-order valence-electron chi connectivity index (χ3n) is 3.32. The molecular formula is C17H16N2. The Morgan fingerprint density at radius 3 is 2.32 bits per heavy atom. The summed E-state index contributed by atoms with van der Waals surface area (Å²) in [6, 6.07) is 19.0. The fourth-order valence-electron chi connectivity index (χ4n) is 2.28. The van der Waals surface area contributed by atoms with E-state index in [1.807, 2.05) is 13.0 Å². The van der Waals surface area contributed by atoms with Crippen molar-refractivity contribution in [2.24, 2.45) is 0 Å². The summed E-state index contributed by atoms with van der Waals surface area (Å²) in [5.74, 6) is 0. The Balaban J connectivity index is 2.11. The summed E-state index contributed by atoms with van der Waals surface area (Å²) in [5, 5.41) is 7.32. The van der Waals surface area contributed by atoms with Crippen molar-refractivity contribution in [3.05, 3.63) is 65.9 Å². The maximum Gasteiger partial charge on any atom is 0.0923 e. The van der Waals surface area contributed by atoms with E-state index in [0.717, 1.165) is 17.0 Å². The van der Waals surface area contributed by atoms with Gasteiger partial charge in [-0.1, -0.05) is 42.5 Å². The molecule has 3 aromatic rings. The Morgan fingerprint density at radius 2 is 1.63 bits per heavy atom. The lowest BCUT2D eigenvalue weighted by Crippen LogP contribution is -1.86. The number of nitrogens with zero attached hydrogens (tertiary/aromatic N) is 1. The summed E-state index contributed by atoms with van der Waals surface area (Å²) in [7, 11) is 0. The van der Waals surface area contributed by atoms with Gasteiger partial charge in [0.1, 0.15) is 0 Å². The van der Waals surface area contributed by atoms with Gasteiger partial charge in [0.15, 0.2) is 0 Å². The highest BCUT2D eigenvalue weighted by Crippen LogP contribution is 2.28. The third-order valence-corrected chi connectivity index (χ3v) is 3.32. The van der Waals surface area contributed by atoms with E-state index in [2.05, 4.69) is 65.7 Å². The molecule has 0 aliphatic carbocycles. The number of hydrogen-bond donors (Lipinski definition) is 1. The Bertz CT molecular complexity index is 696. The van der Waals surface area contributed by atoms with Crippen LogP contribution in [-0.4, -0.2) is 10.2 Å². The molecule has 2 nitrogen and oxygen atoms in total. The SMILES string of the molecule is Cc1cc(-c2ccc(C)c(-c3ccccc3)c2)n[nH]1. The van der Waals surface area contributed by atoms with E-state index in [4.69, 9.17) is 0 Å². The minimum absolute atomic E-state index is 0.995. The van der Waals surface area contributed by atoms with Crippen LogP contribution in [0.15, 0.2) is 54.6 Å². The minimum Gasteiger partial charge on any atom is -0.282 e. The normalized spacial score (nSPS) is 10.6. The summed E-state index contributed by atoms with van der Waals surface area (Å²) < 4.78 is 0. The van der Waals surface area contributed by atoms with Crippen molar-refractivity contribution in [1.82, 2.24) is 10.2 Å². The third kappa shape index (κ3) is 2.29. The van der Waals surface area contributed by atoms with Crippen molar-refractivity contribution >= 4 is 0 Å². The molecule has 0 fully saturated rings. The summed E-state index contributed by atoms with van der Waals surface area (Å²) in [4.78, 5) is 0. The molecular weight excluding hydrogens is 232 g/mol. The molecule has 1 N–H and O–H groups in total. The summed E-state index contributed by atoms with van der Waals surface area (Å²) >= 11 is 0. The number of rotatable bonds is 2. The molecule has 2 aromatic carbocycles. The van der Waals surface area contributed by atoms with Crippen LogP contribution < -0.4 is 0 Å². The molecule has 0 saturated heterocycles. The molecule has 0 aliphatic heterocycles. The van der Waals surface area contributed by atoms with E-state index in [1.165, 1.54) is 16.7 Å². The Hall–Kier alpha value is -2.35. The predicted molar refractivity (Wildman–Crippen MR) is 78.9 cm³/mol. The van der Waals surface area contributed by atoms with Gasteiger partial charge in [0.05, 0.1) is 5.69 Å². The molecule has 0 bridgehead atoms. The van der Waals surface area contributed by atoms with E-state index >= 15 is 0 Å². The topological polar surface area (TPSA) is 28.7 Å². The molecule has 0 amide bonds. The van der Waals surface area contributed by atoms with Crippen molar-refractivity contribution in [2.75, 3.05) is 0 Å². The zero-order valence-electron chi connectivity index (χ0n) is 11.1. The Labute approximate surface area is 113 Å². The average molecular weight is 248 g/mol. The molecule has 1 heterocycles. The number of aromatic amines is 1. The number of aryl methyl sites for hydroxylation is 2. The van der Waals surface area contributed by atoms with E-state index in [9.17, 15) is 0 Å². The van der Waals surface area contributed by atoms with Crippen LogP contribution in [0.2, 0.25) is 0 Å². The van der Waals surface area contributed by atoms with E-state index in [-0.39, 0.29) is 0 Å². The number of benzene rings is 2. The Kier molecular flexibility index (Phi) is 2.92. The van der Waals surface area contributed by atoms with Gasteiger partial charge in [0.25, 0.3) is 0 Å². The fraction of sp³-hybridized carbons (Fsp3) is 0.118. The molecule has 0 spiro atoms. The lowest BCUT2D eigenvalue weighted by Gasteiger charge is -2.08. The number of aromatic nitrogens is 2. The molecule has 1 aromatic heterocycles. The molecule has 0 unspecified atom stereocenters. The first kappa shape index (κ1) is 11.7. The van der Waals surface area contributed by atoms with Crippen LogP contribution in [-0.2, 0) is 0 Å². The summed E-state index contributed by atoms with van der Waals surface area (Å²) in [6.45, 7) is 4.16. The van der Waals surface area contributed by atoms with Gasteiger partial charge in [0, 0.05) is 11.3 Å². The van der Waals surface area contributed by atoms with Gasteiger partial charge in [-0.3, -0.25) is 5.10 Å². The molecule has 0 aliphatic rings. The second kappa shape index (κ2) is 4.73. The highest BCUT2D eigenvalue weighted by Gasteiger charge is 2.06. The standard InChI is InChI=1S/C17H16N2/c1-12-8-9-15(17-10-13(2)18-19-17)11-16(12)14-6-4-3-5-7-14/h3-11H,1-2H3,(H,18,19). The first-order valence-electron chi connectivity index (χ1n) is 6.42. The fourth-order valence-corrected chi connectivity index (χ4v) is 2.28. The second-order valence-electron chi connectivity index (χ2n) is 4.83. The molecule has 0 atom stereocenters. The van der Waals surface area contributed by atoms with E-state index in [1.54, 1.807) is 0 Å². The smallest absolute Gasteiger partial charge is 0.0923 e. The van der Waals surface area contributed by atoms with Crippen molar-refractivity contribution in [2.45, 2.75) is 13.8 Å². The number of nitrogens with one attached hydrogen (secondary N) is 1. The van der Waals surface area contributed by atoms with E-state index in [0.29, 0.717) is 0 Å². The average Bonchev–Trinajstić information content (AvgIpc) is 2.87. The quantitative estimate of drug-likeness (QED) is 0.717. The molecule has 19 heavy (non-hydrogen) atoms. The maximum atomic E-state index is 4.33. The second-order valence-corrected chi connectivity index (χ2v) is 4.83. The first-order valence-corrected chi connectivity index (χ1v) is 6.42. The summed E-state index contributed by atoms with van der Waals surface area (Å²) in [5.41, 5.74) is 7.01. The van der Waals surface area contributed by atoms with Crippen LogP contribution in [0.4, 0.5) is 0 Å². The van der Waals surface area contributed by atoms with Crippen LogP contribution in [0.25, 0.3) is 22.4 Å². The van der Waals surface area contributed by atoms with Crippen molar-refractivity contribution in [3.8, 4) is 22.4 Å². The monoisotopic (exact) mass is 248 g/mol. The van der Waals surface area contributed by atoms with Gasteiger partial charge in [-0.2, -0.15) is 5.10 Å². The van der Waals surface area contributed by atoms with Crippen LogP contribution in [0.1, 0.15) is 11.3 Å². The zero-order chi connectivity index (χ0) is 13.2. The van der Waals surface area contributed by atoms with Crippen LogP contribution in [0.3, 0.4) is 0 Å². The summed E-state index contributed by atoms with van der Waals surface area (Å²) in [6.07, 6.45) is 0. The highest BCUT2D eigenvalue weighted by molar-refractivity contribution is 5.74. The largest absolute Gasteiger partial charge is 0.282 e. The predicted octanol–water partition coefficient (Wildman–Crippen LogP) is 4.36. The molecule has 94 valence electrons. The lowest BCUT2D eigenvalue weighted by atomic mass is 9.97. The molecule has 0 radical (unpaired) electrons. The number of hydrogen-bond acceptors (Lipinski definition) is 1. The van der Waals surface area contributed by atoms with Gasteiger partial charge in [-0.15, -0.1) is 0 Å². The van der Waals surface area contributed by atoms with Crippen LogP contribution in [0.5, 0.6) is 0 Å². The van der Waals surface area contributed by atoms with E-state index < -0.39 is 0 Å².